The molecule has 1 heterocycles. The molecular weight excluding hydrogens is 288 g/mol. The molecule has 8 heteroatoms. The van der Waals surface area contributed by atoms with Gasteiger partial charge in [0.1, 0.15) is 4.90 Å². The minimum atomic E-state index is -3.80. The minimum Gasteiger partial charge on any atom is -0.399 e. The van der Waals surface area contributed by atoms with Crippen LogP contribution in [0.4, 0.5) is 11.4 Å². The van der Waals surface area contributed by atoms with E-state index in [1.54, 1.807) is 13.8 Å². The molecule has 0 saturated heterocycles. The van der Waals surface area contributed by atoms with E-state index in [4.69, 9.17) is 17.3 Å². The number of hydrogen-bond donors (Lipinski definition) is 3. The van der Waals surface area contributed by atoms with Gasteiger partial charge in [-0.05, 0) is 32.0 Å². The van der Waals surface area contributed by atoms with E-state index < -0.39 is 10.0 Å². The second-order valence-corrected chi connectivity index (χ2v) is 6.16. The van der Waals surface area contributed by atoms with Crippen LogP contribution in [0.1, 0.15) is 11.4 Å². The highest BCUT2D eigenvalue weighted by Crippen LogP contribution is 2.27. The number of nitrogens with zero attached hydrogens (tertiary/aromatic N) is 1. The number of aryl methyl sites for hydroxylation is 2. The highest BCUT2D eigenvalue weighted by molar-refractivity contribution is 7.92. The number of rotatable bonds is 3. The highest BCUT2D eigenvalue weighted by atomic mass is 35.5. The molecule has 19 heavy (non-hydrogen) atoms. The van der Waals surface area contributed by atoms with Crippen molar-refractivity contribution >= 4 is 33.0 Å². The molecule has 0 unspecified atom stereocenters. The van der Waals surface area contributed by atoms with Crippen LogP contribution < -0.4 is 10.5 Å². The van der Waals surface area contributed by atoms with Gasteiger partial charge < -0.3 is 5.73 Å². The zero-order chi connectivity index (χ0) is 14.2. The maximum Gasteiger partial charge on any atom is 0.263 e. The molecule has 0 spiro atoms. The molecule has 0 aliphatic rings. The number of benzene rings is 1. The van der Waals surface area contributed by atoms with Gasteiger partial charge in [0.05, 0.1) is 22.1 Å². The van der Waals surface area contributed by atoms with E-state index in [9.17, 15) is 8.42 Å². The summed E-state index contributed by atoms with van der Waals surface area (Å²) in [6.45, 7) is 3.42. The van der Waals surface area contributed by atoms with Gasteiger partial charge in [-0.15, -0.1) is 0 Å². The van der Waals surface area contributed by atoms with Gasteiger partial charge in [-0.25, -0.2) is 8.42 Å². The van der Waals surface area contributed by atoms with Crippen LogP contribution in [0.25, 0.3) is 0 Å². The lowest BCUT2D eigenvalue weighted by Gasteiger charge is -2.10. The Morgan fingerprint density at radius 1 is 1.37 bits per heavy atom. The molecule has 1 aromatic heterocycles. The Balaban J connectivity index is 2.47. The number of sulfonamides is 1. The third-order valence-electron chi connectivity index (χ3n) is 2.61. The molecule has 0 fully saturated rings. The van der Waals surface area contributed by atoms with Gasteiger partial charge in [0.15, 0.2) is 0 Å². The maximum atomic E-state index is 12.3. The zero-order valence-corrected chi connectivity index (χ0v) is 11.9. The molecule has 0 aliphatic carbocycles. The Hall–Kier alpha value is -1.73. The van der Waals surface area contributed by atoms with Crippen molar-refractivity contribution in [3.05, 3.63) is 34.6 Å². The quantitative estimate of drug-likeness (QED) is 0.755. The zero-order valence-electron chi connectivity index (χ0n) is 10.4. The Bertz CT molecular complexity index is 705. The molecule has 2 aromatic rings. The van der Waals surface area contributed by atoms with E-state index in [1.807, 2.05) is 0 Å². The van der Waals surface area contributed by atoms with Gasteiger partial charge in [-0.3, -0.25) is 9.82 Å². The Labute approximate surface area is 116 Å². The predicted molar refractivity (Wildman–Crippen MR) is 74.7 cm³/mol. The van der Waals surface area contributed by atoms with Crippen LogP contribution >= 0.6 is 11.6 Å². The molecule has 0 atom stereocenters. The van der Waals surface area contributed by atoms with E-state index in [1.165, 1.54) is 18.2 Å². The summed E-state index contributed by atoms with van der Waals surface area (Å²) >= 11 is 5.90. The summed E-state index contributed by atoms with van der Waals surface area (Å²) in [6.07, 6.45) is 0. The molecule has 2 rings (SSSR count). The van der Waals surface area contributed by atoms with Crippen molar-refractivity contribution in [1.82, 2.24) is 10.2 Å². The lowest BCUT2D eigenvalue weighted by atomic mass is 10.3. The minimum absolute atomic E-state index is 0.0610. The lowest BCUT2D eigenvalue weighted by Crippen LogP contribution is -2.14. The molecule has 0 saturated carbocycles. The summed E-state index contributed by atoms with van der Waals surface area (Å²) in [5.41, 5.74) is 7.51. The summed E-state index contributed by atoms with van der Waals surface area (Å²) in [5, 5.41) is 6.74. The van der Waals surface area contributed by atoms with E-state index in [2.05, 4.69) is 14.9 Å². The molecule has 6 nitrogen and oxygen atoms in total. The number of H-pyrrole nitrogens is 1. The Morgan fingerprint density at radius 3 is 2.63 bits per heavy atom. The number of hydrogen-bond acceptors (Lipinski definition) is 4. The van der Waals surface area contributed by atoms with Gasteiger partial charge in [-0.2, -0.15) is 5.10 Å². The molecular formula is C11H13ClN4O2S. The Kier molecular flexibility index (Phi) is 3.42. The monoisotopic (exact) mass is 300 g/mol. The first-order chi connectivity index (χ1) is 8.81. The topological polar surface area (TPSA) is 101 Å². The van der Waals surface area contributed by atoms with Crippen LogP contribution in [0.5, 0.6) is 0 Å². The fourth-order valence-electron chi connectivity index (χ4n) is 1.62. The molecule has 0 radical (unpaired) electrons. The fourth-order valence-corrected chi connectivity index (χ4v) is 3.33. The number of nitrogens with two attached hydrogens (primary N) is 1. The molecule has 102 valence electrons. The summed E-state index contributed by atoms with van der Waals surface area (Å²) < 4.78 is 27.0. The SMILES string of the molecule is Cc1n[nH]c(C)c1NS(=O)(=O)c1cc(N)ccc1Cl. The van der Waals surface area contributed by atoms with Crippen LogP contribution in [0.15, 0.2) is 23.1 Å². The molecule has 0 bridgehead atoms. The van der Waals surface area contributed by atoms with Crippen molar-refractivity contribution in [2.45, 2.75) is 18.7 Å². The van der Waals surface area contributed by atoms with Crippen LogP contribution in [0.3, 0.4) is 0 Å². The smallest absolute Gasteiger partial charge is 0.263 e. The van der Waals surface area contributed by atoms with E-state index >= 15 is 0 Å². The van der Waals surface area contributed by atoms with Crippen molar-refractivity contribution in [3.8, 4) is 0 Å². The third-order valence-corrected chi connectivity index (χ3v) is 4.44. The van der Waals surface area contributed by atoms with Crippen LogP contribution in [-0.2, 0) is 10.0 Å². The molecule has 4 N–H and O–H groups in total. The number of nitrogens with one attached hydrogen (secondary N) is 2. The largest absolute Gasteiger partial charge is 0.399 e. The summed E-state index contributed by atoms with van der Waals surface area (Å²) in [4.78, 5) is -0.0610. The highest BCUT2D eigenvalue weighted by Gasteiger charge is 2.21. The van der Waals surface area contributed by atoms with Gasteiger partial charge in [0.2, 0.25) is 0 Å². The van der Waals surface area contributed by atoms with Crippen molar-refractivity contribution in [1.29, 1.82) is 0 Å². The summed E-state index contributed by atoms with van der Waals surface area (Å²) in [5.74, 6) is 0. The Morgan fingerprint density at radius 2 is 2.05 bits per heavy atom. The average molecular weight is 301 g/mol. The number of aromatic nitrogens is 2. The van der Waals surface area contributed by atoms with Gasteiger partial charge in [-0.1, -0.05) is 11.6 Å². The first-order valence-electron chi connectivity index (χ1n) is 5.40. The summed E-state index contributed by atoms with van der Waals surface area (Å²) in [7, 11) is -3.80. The molecule has 1 aromatic carbocycles. The van der Waals surface area contributed by atoms with Crippen molar-refractivity contribution in [3.63, 3.8) is 0 Å². The van der Waals surface area contributed by atoms with Crippen molar-refractivity contribution in [2.24, 2.45) is 0 Å². The van der Waals surface area contributed by atoms with Crippen LogP contribution in [0.2, 0.25) is 5.02 Å². The lowest BCUT2D eigenvalue weighted by molar-refractivity contribution is 0.601. The fraction of sp³-hybridized carbons (Fsp3) is 0.182. The standard InChI is InChI=1S/C11H13ClN4O2S/c1-6-11(7(2)15-14-6)16-19(17,18)10-5-8(13)3-4-9(10)12/h3-5,16H,13H2,1-2H3,(H,14,15). The van der Waals surface area contributed by atoms with Gasteiger partial charge in [0, 0.05) is 5.69 Å². The summed E-state index contributed by atoms with van der Waals surface area (Å²) in [6, 6.07) is 4.30. The van der Waals surface area contributed by atoms with E-state index in [0.717, 1.165) is 0 Å². The first kappa shape index (κ1) is 13.7. The second-order valence-electron chi connectivity index (χ2n) is 4.10. The first-order valence-corrected chi connectivity index (χ1v) is 7.27. The molecule has 0 amide bonds. The predicted octanol–water partition coefficient (Wildman–Crippen LogP) is 2.06. The number of aromatic amines is 1. The number of nitrogen functional groups attached to an aromatic ring is 1. The normalized spacial score (nSPS) is 11.5. The van der Waals surface area contributed by atoms with Crippen LogP contribution in [-0.4, -0.2) is 18.6 Å². The van der Waals surface area contributed by atoms with E-state index in [0.29, 0.717) is 22.8 Å². The maximum absolute atomic E-state index is 12.3. The number of anilines is 2. The van der Waals surface area contributed by atoms with E-state index in [-0.39, 0.29) is 9.92 Å². The third kappa shape index (κ3) is 2.66. The van der Waals surface area contributed by atoms with Crippen molar-refractivity contribution in [2.75, 3.05) is 10.5 Å². The van der Waals surface area contributed by atoms with Gasteiger partial charge >= 0.3 is 0 Å². The average Bonchev–Trinajstić information content (AvgIpc) is 2.63. The second kappa shape index (κ2) is 4.75. The van der Waals surface area contributed by atoms with Crippen LogP contribution in [0, 0.1) is 13.8 Å². The van der Waals surface area contributed by atoms with Crippen molar-refractivity contribution < 1.29 is 8.42 Å². The number of halogens is 1. The molecule has 0 aliphatic heterocycles. The van der Waals surface area contributed by atoms with Gasteiger partial charge in [0.25, 0.3) is 10.0 Å².